The molecule has 0 spiro atoms. The lowest BCUT2D eigenvalue weighted by molar-refractivity contribution is 0.143. The van der Waals surface area contributed by atoms with Crippen LogP contribution < -0.4 is 9.46 Å². The first-order chi connectivity index (χ1) is 15.7. The highest BCUT2D eigenvalue weighted by atomic mass is 32.2. The van der Waals surface area contributed by atoms with Gasteiger partial charge in [0.2, 0.25) is 5.88 Å². The van der Waals surface area contributed by atoms with Crippen molar-refractivity contribution in [1.29, 1.82) is 0 Å². The van der Waals surface area contributed by atoms with Crippen molar-refractivity contribution in [3.63, 3.8) is 0 Å². The number of imidazole rings is 1. The maximum atomic E-state index is 12.8. The lowest BCUT2D eigenvalue weighted by atomic mass is 10.1. The molecule has 4 rings (SSSR count). The summed E-state index contributed by atoms with van der Waals surface area (Å²) in [6, 6.07) is 13.1. The van der Waals surface area contributed by atoms with Gasteiger partial charge in [0.1, 0.15) is 17.0 Å². The summed E-state index contributed by atoms with van der Waals surface area (Å²) in [6.45, 7) is 3.17. The highest BCUT2D eigenvalue weighted by molar-refractivity contribution is 7.92. The first-order valence-corrected chi connectivity index (χ1v) is 11.4. The lowest BCUT2D eigenvalue weighted by Crippen LogP contribution is -2.14. The molecule has 2 N–H and O–H groups in total. The molecule has 0 radical (unpaired) electrons. The number of aromatic nitrogens is 4. The topological polar surface area (TPSA) is 119 Å². The minimum absolute atomic E-state index is 0.116. The third-order valence-electron chi connectivity index (χ3n) is 4.50. The minimum atomic E-state index is -3.85. The van der Waals surface area contributed by atoms with Gasteiger partial charge in [0, 0.05) is 11.8 Å². The number of ether oxygens (including phenoxy) is 1. The van der Waals surface area contributed by atoms with Gasteiger partial charge in [-0.25, -0.2) is 22.9 Å². The fourth-order valence-corrected chi connectivity index (χ4v) is 4.03. The van der Waals surface area contributed by atoms with Crippen LogP contribution >= 0.6 is 0 Å². The van der Waals surface area contributed by atoms with Gasteiger partial charge in [-0.15, -0.1) is 0 Å². The Hall–Kier alpha value is -3.94. The molecule has 4 aromatic rings. The van der Waals surface area contributed by atoms with E-state index in [9.17, 15) is 13.5 Å². The van der Waals surface area contributed by atoms with E-state index in [0.29, 0.717) is 22.6 Å². The van der Waals surface area contributed by atoms with Gasteiger partial charge in [-0.3, -0.25) is 4.72 Å². The lowest BCUT2D eigenvalue weighted by Gasteiger charge is -2.12. The highest BCUT2D eigenvalue weighted by Crippen LogP contribution is 2.29. The van der Waals surface area contributed by atoms with Crippen LogP contribution in [0, 0.1) is 11.8 Å². The average Bonchev–Trinajstić information content (AvgIpc) is 3.20. The van der Waals surface area contributed by atoms with Gasteiger partial charge in [0.05, 0.1) is 23.9 Å². The van der Waals surface area contributed by atoms with E-state index in [1.807, 2.05) is 0 Å². The number of benzene rings is 1. The zero-order chi connectivity index (χ0) is 23.6. The summed E-state index contributed by atoms with van der Waals surface area (Å²) >= 11 is 0. The van der Waals surface area contributed by atoms with Crippen LogP contribution in [0.4, 0.5) is 5.69 Å². The zero-order valence-corrected chi connectivity index (χ0v) is 19.0. The number of rotatable bonds is 5. The second kappa shape index (κ2) is 8.54. The van der Waals surface area contributed by atoms with E-state index in [4.69, 9.17) is 4.74 Å². The van der Waals surface area contributed by atoms with E-state index >= 15 is 0 Å². The second-order valence-electron chi connectivity index (χ2n) is 7.64. The predicted octanol–water partition coefficient (Wildman–Crippen LogP) is 2.72. The molecule has 3 heterocycles. The predicted molar refractivity (Wildman–Crippen MR) is 123 cm³/mol. The maximum absolute atomic E-state index is 12.8. The monoisotopic (exact) mass is 463 g/mol. The molecule has 0 saturated heterocycles. The molecule has 1 aromatic carbocycles. The van der Waals surface area contributed by atoms with Crippen molar-refractivity contribution in [3.8, 4) is 29.0 Å². The van der Waals surface area contributed by atoms with E-state index in [-0.39, 0.29) is 16.5 Å². The van der Waals surface area contributed by atoms with E-state index in [1.54, 1.807) is 61.0 Å². The van der Waals surface area contributed by atoms with Gasteiger partial charge >= 0.3 is 0 Å². The van der Waals surface area contributed by atoms with E-state index in [1.165, 1.54) is 25.4 Å². The van der Waals surface area contributed by atoms with Crippen molar-refractivity contribution in [2.24, 2.45) is 0 Å². The number of nitrogens with one attached hydrogen (secondary N) is 1. The Morgan fingerprint density at radius 2 is 1.85 bits per heavy atom. The first kappa shape index (κ1) is 22.3. The van der Waals surface area contributed by atoms with Crippen LogP contribution in [0.15, 0.2) is 65.8 Å². The largest absolute Gasteiger partial charge is 0.480 e. The van der Waals surface area contributed by atoms with Crippen LogP contribution in [0.1, 0.15) is 19.5 Å². The Kier molecular flexibility index (Phi) is 5.76. The number of hydrogen-bond acceptors (Lipinski definition) is 7. The summed E-state index contributed by atoms with van der Waals surface area (Å²) in [6.07, 6.45) is 3.10. The number of anilines is 1. The van der Waals surface area contributed by atoms with Gasteiger partial charge in [-0.2, -0.15) is 5.10 Å². The molecular weight excluding hydrogens is 442 g/mol. The van der Waals surface area contributed by atoms with Gasteiger partial charge in [0.25, 0.3) is 10.0 Å². The molecule has 0 aliphatic rings. The van der Waals surface area contributed by atoms with Crippen LogP contribution in [-0.4, -0.2) is 45.8 Å². The van der Waals surface area contributed by atoms with Crippen LogP contribution in [0.2, 0.25) is 0 Å². The Bertz CT molecular complexity index is 1480. The summed E-state index contributed by atoms with van der Waals surface area (Å²) in [5, 5.41) is 14.4. The summed E-state index contributed by atoms with van der Waals surface area (Å²) in [7, 11) is -2.44. The smallest absolute Gasteiger partial charge is 0.262 e. The first-order valence-electron chi connectivity index (χ1n) is 9.89. The molecule has 0 aliphatic carbocycles. The normalized spacial score (nSPS) is 11.6. The second-order valence-corrected chi connectivity index (χ2v) is 9.32. The third-order valence-corrected chi connectivity index (χ3v) is 5.88. The molecule has 0 unspecified atom stereocenters. The molecule has 0 saturated carbocycles. The minimum Gasteiger partial charge on any atom is -0.480 e. The molecule has 0 fully saturated rings. The standard InChI is InChI=1S/C23H21N5O4S/c1-23(2,29)12-11-17-15-24-21-10-9-19(26-28(17)21)16-13-20(22(32-3)25-14-16)27-33(30,31)18-7-5-4-6-8-18/h4-10,13-15,27,29H,1-3H3. The van der Waals surface area contributed by atoms with Crippen molar-refractivity contribution < 1.29 is 18.3 Å². The van der Waals surface area contributed by atoms with Gasteiger partial charge in [0.15, 0.2) is 5.65 Å². The fourth-order valence-electron chi connectivity index (χ4n) is 2.96. The fraction of sp³-hybridized carbons (Fsp3) is 0.174. The van der Waals surface area contributed by atoms with Crippen molar-refractivity contribution >= 4 is 21.4 Å². The summed E-state index contributed by atoms with van der Waals surface area (Å²) in [5.74, 6) is 5.74. The van der Waals surface area contributed by atoms with E-state index in [0.717, 1.165) is 0 Å². The number of methoxy groups -OCH3 is 1. The Morgan fingerprint density at radius 1 is 1.09 bits per heavy atom. The number of fused-ring (bicyclic) bond motifs is 1. The van der Waals surface area contributed by atoms with Crippen molar-refractivity contribution in [2.75, 3.05) is 11.8 Å². The van der Waals surface area contributed by atoms with E-state index < -0.39 is 15.6 Å². The molecule has 168 valence electrons. The van der Waals surface area contributed by atoms with Crippen LogP contribution in [0.25, 0.3) is 16.9 Å². The molecule has 0 bridgehead atoms. The summed E-state index contributed by atoms with van der Waals surface area (Å²) < 4.78 is 34.9. The van der Waals surface area contributed by atoms with Crippen molar-refractivity contribution in [2.45, 2.75) is 24.3 Å². The van der Waals surface area contributed by atoms with Gasteiger partial charge in [-0.05, 0) is 50.1 Å². The Balaban J connectivity index is 1.75. The number of sulfonamides is 1. The Morgan fingerprint density at radius 3 is 2.55 bits per heavy atom. The van der Waals surface area contributed by atoms with Gasteiger partial charge < -0.3 is 9.84 Å². The molecular formula is C23H21N5O4S. The van der Waals surface area contributed by atoms with Gasteiger partial charge in [-0.1, -0.05) is 24.1 Å². The number of pyridine rings is 1. The molecule has 0 atom stereocenters. The summed E-state index contributed by atoms with van der Waals surface area (Å²) in [5.41, 5.74) is 1.16. The zero-order valence-electron chi connectivity index (χ0n) is 18.1. The SMILES string of the molecule is COc1ncc(-c2ccc3ncc(C#CC(C)(C)O)n3n2)cc1NS(=O)(=O)c1ccccc1. The highest BCUT2D eigenvalue weighted by Gasteiger charge is 2.18. The van der Waals surface area contributed by atoms with Crippen LogP contribution in [0.3, 0.4) is 0 Å². The number of hydrogen-bond donors (Lipinski definition) is 2. The molecule has 9 nitrogen and oxygen atoms in total. The van der Waals surface area contributed by atoms with Crippen molar-refractivity contribution in [1.82, 2.24) is 19.6 Å². The number of aliphatic hydroxyl groups is 1. The van der Waals surface area contributed by atoms with Crippen LogP contribution in [-0.2, 0) is 10.0 Å². The maximum Gasteiger partial charge on any atom is 0.262 e. The van der Waals surface area contributed by atoms with Crippen LogP contribution in [0.5, 0.6) is 5.88 Å². The van der Waals surface area contributed by atoms with Crippen molar-refractivity contribution in [3.05, 3.63) is 66.6 Å². The average molecular weight is 464 g/mol. The molecule has 33 heavy (non-hydrogen) atoms. The quantitative estimate of drug-likeness (QED) is 0.437. The molecule has 0 aliphatic heterocycles. The molecule has 0 amide bonds. The summed E-state index contributed by atoms with van der Waals surface area (Å²) in [4.78, 5) is 8.62. The third kappa shape index (κ3) is 4.95. The Labute approximate surface area is 191 Å². The molecule has 10 heteroatoms. The molecule has 3 aromatic heterocycles. The number of nitrogens with zero attached hydrogens (tertiary/aromatic N) is 4. The van der Waals surface area contributed by atoms with E-state index in [2.05, 4.69) is 31.6 Å².